The first-order valence-corrected chi connectivity index (χ1v) is 9.60. The fourth-order valence-corrected chi connectivity index (χ4v) is 3.59. The van der Waals surface area contributed by atoms with Gasteiger partial charge in [-0.3, -0.25) is 9.59 Å². The number of benzene rings is 1. The lowest BCUT2D eigenvalue weighted by Crippen LogP contribution is -2.30. The lowest BCUT2D eigenvalue weighted by molar-refractivity contribution is -0.125. The Balaban J connectivity index is 2.07. The van der Waals surface area contributed by atoms with Crippen molar-refractivity contribution in [2.45, 2.75) is 44.3 Å². The Labute approximate surface area is 165 Å². The summed E-state index contributed by atoms with van der Waals surface area (Å²) in [4.78, 5) is 24.4. The summed E-state index contributed by atoms with van der Waals surface area (Å²) in [5.74, 6) is -0.196. The van der Waals surface area contributed by atoms with Crippen LogP contribution in [0.5, 0.6) is 0 Å². The van der Waals surface area contributed by atoms with Gasteiger partial charge in [-0.15, -0.1) is 0 Å². The van der Waals surface area contributed by atoms with Gasteiger partial charge in [-0.1, -0.05) is 64.8 Å². The molecule has 2 amide bonds. The number of hydrazone groups is 1. The van der Waals surface area contributed by atoms with Crippen molar-refractivity contribution in [3.05, 3.63) is 29.8 Å². The van der Waals surface area contributed by atoms with E-state index in [1.165, 1.54) is 0 Å². The van der Waals surface area contributed by atoms with Crippen LogP contribution in [0.2, 0.25) is 0 Å². The van der Waals surface area contributed by atoms with Crippen LogP contribution in [0.1, 0.15) is 46.6 Å². The minimum atomic E-state index is -0.515. The number of rotatable bonds is 4. The van der Waals surface area contributed by atoms with Crippen molar-refractivity contribution < 1.29 is 9.59 Å². The van der Waals surface area contributed by atoms with E-state index in [0.29, 0.717) is 17.8 Å². The van der Waals surface area contributed by atoms with Gasteiger partial charge in [0.2, 0.25) is 11.8 Å². The van der Waals surface area contributed by atoms with Gasteiger partial charge in [0.1, 0.15) is 0 Å². The zero-order valence-electron chi connectivity index (χ0n) is 15.0. The Bertz CT molecular complexity index is 738. The predicted molar refractivity (Wildman–Crippen MR) is 108 cm³/mol. The van der Waals surface area contributed by atoms with Gasteiger partial charge >= 0.3 is 0 Å². The van der Waals surface area contributed by atoms with E-state index >= 15 is 0 Å². The summed E-state index contributed by atoms with van der Waals surface area (Å²) in [6, 6.07) is 7.40. The highest BCUT2D eigenvalue weighted by atomic mass is 79.9. The highest BCUT2D eigenvalue weighted by Crippen LogP contribution is 2.66. The fraction of sp³-hybridized carbons (Fsp3) is 0.500. The lowest BCUT2D eigenvalue weighted by Gasteiger charge is -2.18. The molecule has 0 spiro atoms. The smallest absolute Gasteiger partial charge is 0.248 e. The molecular formula is C18H23Br2N3O2. The number of carbonyl (C=O) groups excluding carboxylic acids is 2. The van der Waals surface area contributed by atoms with Gasteiger partial charge in [-0.05, 0) is 38.0 Å². The average molecular weight is 473 g/mol. The number of alkyl halides is 2. The zero-order valence-corrected chi connectivity index (χ0v) is 18.2. The van der Waals surface area contributed by atoms with Crippen LogP contribution in [-0.2, 0) is 9.59 Å². The number of carbonyl (C=O) groups is 2. The molecule has 0 heterocycles. The van der Waals surface area contributed by atoms with E-state index in [1.54, 1.807) is 0 Å². The second kappa shape index (κ2) is 6.83. The number of amides is 2. The molecule has 136 valence electrons. The molecule has 2 N–H and O–H groups in total. The van der Waals surface area contributed by atoms with Crippen LogP contribution < -0.4 is 10.7 Å². The molecule has 0 saturated heterocycles. The number of anilines is 1. The van der Waals surface area contributed by atoms with Crippen molar-refractivity contribution in [2.24, 2.45) is 15.9 Å². The summed E-state index contributed by atoms with van der Waals surface area (Å²) < 4.78 is -0.350. The largest absolute Gasteiger partial charge is 0.326 e. The Kier molecular flexibility index (Phi) is 5.50. The topological polar surface area (TPSA) is 70.6 Å². The van der Waals surface area contributed by atoms with E-state index < -0.39 is 10.8 Å². The Morgan fingerprint density at radius 1 is 1.24 bits per heavy atom. The van der Waals surface area contributed by atoms with Crippen LogP contribution in [0.25, 0.3) is 0 Å². The molecule has 0 aliphatic heterocycles. The maximum atomic E-state index is 12.3. The standard InChI is InChI=1S/C18H23Br2N3O2/c1-11(22-23-15(25)17(5)10-18(17,19)20)12-7-6-8-13(9-12)21-14(24)16(2,3)4/h6-9H,10H2,1-5H3,(H,21,24)(H,23,25)/b22-11-. The van der Waals surface area contributed by atoms with Gasteiger partial charge < -0.3 is 5.32 Å². The highest BCUT2D eigenvalue weighted by Gasteiger charge is 2.66. The molecule has 1 saturated carbocycles. The lowest BCUT2D eigenvalue weighted by atomic mass is 9.95. The molecule has 1 aliphatic carbocycles. The van der Waals surface area contributed by atoms with Crippen LogP contribution in [-0.4, -0.2) is 20.8 Å². The van der Waals surface area contributed by atoms with Gasteiger partial charge in [-0.25, -0.2) is 5.43 Å². The maximum Gasteiger partial charge on any atom is 0.248 e. The molecular weight excluding hydrogens is 450 g/mol. The Morgan fingerprint density at radius 2 is 1.84 bits per heavy atom. The van der Waals surface area contributed by atoms with E-state index in [-0.39, 0.29) is 15.0 Å². The third-order valence-corrected chi connectivity index (χ3v) is 6.61. The van der Waals surface area contributed by atoms with E-state index in [9.17, 15) is 9.59 Å². The molecule has 0 aromatic heterocycles. The van der Waals surface area contributed by atoms with Crippen LogP contribution in [0.3, 0.4) is 0 Å². The van der Waals surface area contributed by atoms with E-state index in [0.717, 1.165) is 5.56 Å². The second-order valence-electron chi connectivity index (χ2n) is 7.64. The van der Waals surface area contributed by atoms with Crippen molar-refractivity contribution in [1.82, 2.24) is 5.43 Å². The Morgan fingerprint density at radius 3 is 2.36 bits per heavy atom. The molecule has 1 aromatic rings. The first kappa shape index (κ1) is 20.1. The van der Waals surface area contributed by atoms with Gasteiger partial charge in [0, 0.05) is 11.1 Å². The SMILES string of the molecule is C/C(=N/NC(=O)C1(C)CC1(Br)Br)c1cccc(NC(=O)C(C)(C)C)c1. The average Bonchev–Trinajstić information content (AvgIpc) is 3.03. The van der Waals surface area contributed by atoms with Gasteiger partial charge in [0.25, 0.3) is 0 Å². The van der Waals surface area contributed by atoms with Crippen molar-refractivity contribution in [3.63, 3.8) is 0 Å². The van der Waals surface area contributed by atoms with Crippen molar-refractivity contribution in [3.8, 4) is 0 Å². The molecule has 5 nitrogen and oxygen atoms in total. The third kappa shape index (κ3) is 4.50. The number of halogens is 2. The summed E-state index contributed by atoms with van der Waals surface area (Å²) in [5, 5.41) is 7.09. The fourth-order valence-electron chi connectivity index (χ4n) is 2.11. The predicted octanol–water partition coefficient (Wildman–Crippen LogP) is 4.41. The van der Waals surface area contributed by atoms with Crippen LogP contribution >= 0.6 is 31.9 Å². The quantitative estimate of drug-likeness (QED) is 0.387. The normalized spacial score (nSPS) is 22.3. The van der Waals surface area contributed by atoms with E-state index in [2.05, 4.69) is 47.7 Å². The monoisotopic (exact) mass is 471 g/mol. The van der Waals surface area contributed by atoms with Crippen molar-refractivity contribution in [2.75, 3.05) is 5.32 Å². The Hall–Kier alpha value is -1.21. The molecule has 25 heavy (non-hydrogen) atoms. The van der Waals surface area contributed by atoms with E-state index in [1.807, 2.05) is 58.9 Å². The molecule has 0 bridgehead atoms. The second-order valence-corrected chi connectivity index (χ2v) is 11.4. The van der Waals surface area contributed by atoms with Crippen LogP contribution in [0.15, 0.2) is 29.4 Å². The number of hydrogen-bond donors (Lipinski definition) is 2. The number of hydrogen-bond acceptors (Lipinski definition) is 3. The minimum absolute atomic E-state index is 0.0554. The molecule has 0 radical (unpaired) electrons. The van der Waals surface area contributed by atoms with Crippen molar-refractivity contribution >= 4 is 55.1 Å². The zero-order chi connectivity index (χ0) is 19.0. The summed E-state index contributed by atoms with van der Waals surface area (Å²) in [7, 11) is 0. The number of nitrogens with one attached hydrogen (secondary N) is 2. The van der Waals surface area contributed by atoms with Crippen molar-refractivity contribution in [1.29, 1.82) is 0 Å². The van der Waals surface area contributed by atoms with Crippen LogP contribution in [0.4, 0.5) is 5.69 Å². The summed E-state index contributed by atoms with van der Waals surface area (Å²) in [6.45, 7) is 9.27. The summed E-state index contributed by atoms with van der Waals surface area (Å²) in [5.41, 5.74) is 3.84. The first-order chi connectivity index (χ1) is 11.4. The molecule has 7 heteroatoms. The summed E-state index contributed by atoms with van der Waals surface area (Å²) in [6.07, 6.45) is 0.703. The third-order valence-electron chi connectivity index (χ3n) is 4.30. The number of nitrogens with zero attached hydrogens (tertiary/aromatic N) is 1. The minimum Gasteiger partial charge on any atom is -0.326 e. The summed E-state index contributed by atoms with van der Waals surface area (Å²) >= 11 is 6.95. The maximum absolute atomic E-state index is 12.3. The van der Waals surface area contributed by atoms with Gasteiger partial charge in [0.15, 0.2) is 0 Å². The molecule has 1 unspecified atom stereocenters. The molecule has 1 fully saturated rings. The van der Waals surface area contributed by atoms with Gasteiger partial charge in [-0.2, -0.15) is 5.10 Å². The van der Waals surface area contributed by atoms with E-state index in [4.69, 9.17) is 0 Å². The van der Waals surface area contributed by atoms with Crippen LogP contribution in [0, 0.1) is 10.8 Å². The highest BCUT2D eigenvalue weighted by molar-refractivity contribution is 9.25. The molecule has 2 rings (SSSR count). The first-order valence-electron chi connectivity index (χ1n) is 8.01. The molecule has 1 aromatic carbocycles. The molecule has 1 aliphatic rings. The van der Waals surface area contributed by atoms with Gasteiger partial charge in [0.05, 0.1) is 14.4 Å². The molecule has 1 atom stereocenters.